The number of rotatable bonds is 9. The van der Waals surface area contributed by atoms with E-state index in [4.69, 9.17) is 20.2 Å². The second kappa shape index (κ2) is 11.1. The van der Waals surface area contributed by atoms with E-state index in [-0.39, 0.29) is 35.6 Å². The molecule has 0 unspecified atom stereocenters. The number of guanidine groups is 1. The van der Waals surface area contributed by atoms with Gasteiger partial charge in [-0.1, -0.05) is 42.2 Å². The molecule has 1 aliphatic rings. The predicted octanol–water partition coefficient (Wildman–Crippen LogP) is 5.11. The van der Waals surface area contributed by atoms with Crippen LogP contribution >= 0.6 is 0 Å². The van der Waals surface area contributed by atoms with Crippen LogP contribution in [0.3, 0.4) is 0 Å². The van der Waals surface area contributed by atoms with Gasteiger partial charge in [-0.25, -0.2) is 0 Å². The molecular formula is C22H28F3N5O3. The molecule has 0 amide bonds. The Morgan fingerprint density at radius 3 is 2.88 bits per heavy atom. The van der Waals surface area contributed by atoms with Gasteiger partial charge >= 0.3 is 6.18 Å². The summed E-state index contributed by atoms with van der Waals surface area (Å²) in [7, 11) is 0. The molecule has 1 saturated heterocycles. The van der Waals surface area contributed by atoms with Gasteiger partial charge in [0.25, 0.3) is 0 Å². The molecule has 2 aromatic rings. The first kappa shape index (κ1) is 24.4. The normalized spacial score (nSPS) is 17.3. The van der Waals surface area contributed by atoms with Crippen LogP contribution in [0.15, 0.2) is 40.0 Å². The van der Waals surface area contributed by atoms with E-state index < -0.39 is 17.8 Å². The Morgan fingerprint density at radius 2 is 2.15 bits per heavy atom. The van der Waals surface area contributed by atoms with Crippen LogP contribution in [0, 0.1) is 0 Å². The number of unbranched alkanes of at least 4 members (excludes halogenated alkanes) is 2. The molecule has 1 fully saturated rings. The highest BCUT2D eigenvalue weighted by Crippen LogP contribution is 2.39. The van der Waals surface area contributed by atoms with Crippen molar-refractivity contribution in [1.82, 2.24) is 15.0 Å². The van der Waals surface area contributed by atoms with Crippen molar-refractivity contribution in [3.8, 4) is 17.1 Å². The van der Waals surface area contributed by atoms with E-state index in [0.717, 1.165) is 31.7 Å². The van der Waals surface area contributed by atoms with Crippen LogP contribution in [-0.2, 0) is 6.18 Å². The number of likely N-dealkylation sites (tertiary alicyclic amines) is 1. The molecule has 8 nitrogen and oxygen atoms in total. The highest BCUT2D eigenvalue weighted by atomic mass is 19.4. The van der Waals surface area contributed by atoms with Crippen molar-refractivity contribution in [3.63, 3.8) is 0 Å². The molecule has 1 aliphatic heterocycles. The smallest absolute Gasteiger partial charge is 0.419 e. The molecule has 1 atom stereocenters. The highest BCUT2D eigenvalue weighted by molar-refractivity contribution is 5.78. The minimum atomic E-state index is -4.61. The number of benzene rings is 1. The Hall–Kier alpha value is -3.24. The average molecular weight is 467 g/mol. The second-order valence-electron chi connectivity index (χ2n) is 7.73. The van der Waals surface area contributed by atoms with Crippen molar-refractivity contribution in [2.24, 2.45) is 10.9 Å². The maximum atomic E-state index is 13.7. The molecule has 3 N–H and O–H groups in total. The lowest BCUT2D eigenvalue weighted by Crippen LogP contribution is -2.36. The summed E-state index contributed by atoms with van der Waals surface area (Å²) in [6.07, 6.45) is 4.35. The summed E-state index contributed by atoms with van der Waals surface area (Å²) < 4.78 is 51.7. The molecule has 180 valence electrons. The fourth-order valence-corrected chi connectivity index (χ4v) is 3.65. The summed E-state index contributed by atoms with van der Waals surface area (Å²) >= 11 is 0. The molecule has 0 bridgehead atoms. The first-order valence-electron chi connectivity index (χ1n) is 10.9. The van der Waals surface area contributed by atoms with Gasteiger partial charge in [0, 0.05) is 12.1 Å². The maximum Gasteiger partial charge on any atom is 0.419 e. The van der Waals surface area contributed by atoms with Crippen LogP contribution in [0.1, 0.15) is 62.9 Å². The molecule has 3 rings (SSSR count). The zero-order valence-electron chi connectivity index (χ0n) is 18.4. The summed E-state index contributed by atoms with van der Waals surface area (Å²) in [5, 5.41) is 15.8. The van der Waals surface area contributed by atoms with E-state index in [1.165, 1.54) is 12.1 Å². The molecule has 0 saturated carbocycles. The van der Waals surface area contributed by atoms with Crippen molar-refractivity contribution < 1.29 is 27.6 Å². The molecule has 2 heterocycles. The lowest BCUT2D eigenvalue weighted by Gasteiger charge is -2.21. The van der Waals surface area contributed by atoms with Crippen molar-refractivity contribution in [3.05, 3.63) is 41.8 Å². The summed E-state index contributed by atoms with van der Waals surface area (Å²) in [4.78, 5) is 5.87. The Balaban J connectivity index is 1.75. The molecule has 1 aromatic carbocycles. The van der Waals surface area contributed by atoms with Gasteiger partial charge in [-0.3, -0.25) is 0 Å². The zero-order valence-corrected chi connectivity index (χ0v) is 18.4. The van der Waals surface area contributed by atoms with E-state index in [2.05, 4.69) is 22.2 Å². The summed E-state index contributed by atoms with van der Waals surface area (Å²) in [5.41, 5.74) is 4.93. The highest BCUT2D eigenvalue weighted by Gasteiger charge is 2.36. The Kier molecular flexibility index (Phi) is 8.18. The fraction of sp³-hybridized carbons (Fsp3) is 0.500. The number of hydrogen-bond donors (Lipinski definition) is 2. The van der Waals surface area contributed by atoms with Crippen LogP contribution < -0.4 is 10.5 Å². The van der Waals surface area contributed by atoms with Gasteiger partial charge in [-0.15, -0.1) is 0 Å². The second-order valence-corrected chi connectivity index (χ2v) is 7.73. The standard InChI is InChI=1S/C22H28F3N5O3/c1-2-3-4-5-6-7-13-32-18-11-10-15(14-16(18)22(23,24)25)19-27-20(33-29-19)17-9-8-12-30(17)21(26)28-31/h5-6,10-11,14,17,31H,2-4,7-9,12-13H2,1H3,(H2,26,28)/b6-5-/t17-/m0/s1. The van der Waals surface area contributed by atoms with Crippen molar-refractivity contribution in [2.75, 3.05) is 13.2 Å². The van der Waals surface area contributed by atoms with Gasteiger partial charge in [-0.05, 0) is 43.9 Å². The third-order valence-corrected chi connectivity index (χ3v) is 5.35. The Bertz CT molecular complexity index is 974. The third kappa shape index (κ3) is 6.17. The van der Waals surface area contributed by atoms with E-state index in [9.17, 15) is 13.2 Å². The number of aromatic nitrogens is 2. The zero-order chi connectivity index (χ0) is 23.8. The number of allylic oxidation sites excluding steroid dienone is 1. The van der Waals surface area contributed by atoms with Crippen molar-refractivity contribution in [2.45, 2.75) is 57.7 Å². The first-order chi connectivity index (χ1) is 15.8. The van der Waals surface area contributed by atoms with Gasteiger partial charge in [-0.2, -0.15) is 18.2 Å². The number of ether oxygens (including phenoxy) is 1. The first-order valence-corrected chi connectivity index (χ1v) is 10.9. The predicted molar refractivity (Wildman–Crippen MR) is 116 cm³/mol. The van der Waals surface area contributed by atoms with E-state index in [1.807, 2.05) is 12.2 Å². The van der Waals surface area contributed by atoms with Crippen LogP contribution in [0.4, 0.5) is 13.2 Å². The van der Waals surface area contributed by atoms with Gasteiger partial charge in [0.15, 0.2) is 0 Å². The van der Waals surface area contributed by atoms with Gasteiger partial charge in [0.2, 0.25) is 17.7 Å². The minimum Gasteiger partial charge on any atom is -0.493 e. The van der Waals surface area contributed by atoms with Crippen LogP contribution in [0.5, 0.6) is 5.75 Å². The van der Waals surface area contributed by atoms with Crippen LogP contribution in [0.2, 0.25) is 0 Å². The topological polar surface area (TPSA) is 110 Å². The number of nitrogens with zero attached hydrogens (tertiary/aromatic N) is 4. The molecule has 0 radical (unpaired) electrons. The SMILES string of the molecule is CCCC/C=C\CCOc1ccc(-c2noc([C@@H]3CCCN3/C(N)=N/O)n2)cc1C(F)(F)F. The Morgan fingerprint density at radius 1 is 1.36 bits per heavy atom. The van der Waals surface area contributed by atoms with Gasteiger partial charge in [0.1, 0.15) is 11.8 Å². The Labute approximate surface area is 189 Å². The largest absolute Gasteiger partial charge is 0.493 e. The lowest BCUT2D eigenvalue weighted by molar-refractivity contribution is -0.138. The molecular weight excluding hydrogens is 439 g/mol. The third-order valence-electron chi connectivity index (χ3n) is 5.35. The maximum absolute atomic E-state index is 13.7. The number of hydrogen-bond acceptors (Lipinski definition) is 6. The minimum absolute atomic E-state index is 0.0206. The van der Waals surface area contributed by atoms with E-state index >= 15 is 0 Å². The molecule has 1 aromatic heterocycles. The fourth-order valence-electron chi connectivity index (χ4n) is 3.65. The van der Waals surface area contributed by atoms with Gasteiger partial charge in [0.05, 0.1) is 12.2 Å². The number of halogens is 3. The van der Waals surface area contributed by atoms with Crippen LogP contribution in [0.25, 0.3) is 11.4 Å². The monoisotopic (exact) mass is 467 g/mol. The average Bonchev–Trinajstić information content (AvgIpc) is 3.47. The van der Waals surface area contributed by atoms with Crippen molar-refractivity contribution >= 4 is 5.96 Å². The van der Waals surface area contributed by atoms with Gasteiger partial charge < -0.3 is 25.1 Å². The van der Waals surface area contributed by atoms with Crippen molar-refractivity contribution in [1.29, 1.82) is 0 Å². The van der Waals surface area contributed by atoms with Crippen LogP contribution in [-0.4, -0.2) is 39.4 Å². The van der Waals surface area contributed by atoms with E-state index in [0.29, 0.717) is 19.4 Å². The molecule has 11 heteroatoms. The number of oxime groups is 1. The summed E-state index contributed by atoms with van der Waals surface area (Å²) in [5.74, 6) is -0.116. The number of nitrogens with two attached hydrogens (primary N) is 1. The molecule has 0 aliphatic carbocycles. The quantitative estimate of drug-likeness (QED) is 0.132. The lowest BCUT2D eigenvalue weighted by atomic mass is 10.1. The molecule has 33 heavy (non-hydrogen) atoms. The van der Waals surface area contributed by atoms with E-state index in [1.54, 1.807) is 4.90 Å². The summed E-state index contributed by atoms with van der Waals surface area (Å²) in [6, 6.07) is 3.29. The molecule has 0 spiro atoms. The number of alkyl halides is 3. The summed E-state index contributed by atoms with van der Waals surface area (Å²) in [6.45, 7) is 2.78.